The molecule has 170 valence electrons. The minimum atomic E-state index is -2.72. The van der Waals surface area contributed by atoms with Gasteiger partial charge in [-0.05, 0) is 62.4 Å². The molecule has 10 heteroatoms. The Balaban J connectivity index is 0.000000285. The van der Waals surface area contributed by atoms with E-state index in [2.05, 4.69) is 15.0 Å². The molecule has 1 aromatic carbocycles. The fourth-order valence-corrected chi connectivity index (χ4v) is 3.64. The third kappa shape index (κ3) is 7.39. The maximum atomic E-state index is 13.4. The van der Waals surface area contributed by atoms with E-state index in [-0.39, 0.29) is 24.0 Å². The smallest absolute Gasteiger partial charge is 0.248 e. The molecular formula is C21H25F4N3O2S. The second-order valence-electron chi connectivity index (χ2n) is 7.26. The van der Waals surface area contributed by atoms with Crippen molar-refractivity contribution in [1.82, 2.24) is 4.98 Å². The number of nitrogens with one attached hydrogen (secondary N) is 1. The molecule has 1 aromatic heterocycles. The van der Waals surface area contributed by atoms with E-state index in [1.807, 2.05) is 0 Å². The standard InChI is InChI=1S/C14H19F2N3OS.C7H6F2O/c1-14(15,16)10-4-2-3-9(7-10)13(20)19-11-5-6-18-12(8-11)21-17;1-10-6-4-2-3-5(8)7(6)9/h5-6,8-10H,2-4,7,17H2,1H3,(H,18,19,20);2-4H,1H3. The van der Waals surface area contributed by atoms with Gasteiger partial charge in [-0.25, -0.2) is 18.2 Å². The molecule has 3 rings (SSSR count). The molecule has 1 aliphatic rings. The number of aromatic nitrogens is 1. The highest BCUT2D eigenvalue weighted by Gasteiger charge is 2.39. The first-order valence-corrected chi connectivity index (χ1v) is 10.5. The summed E-state index contributed by atoms with van der Waals surface area (Å²) in [6, 6.07) is 7.11. The normalized spacial score (nSPS) is 18.5. The Morgan fingerprint density at radius 2 is 2.03 bits per heavy atom. The van der Waals surface area contributed by atoms with E-state index in [1.54, 1.807) is 18.3 Å². The number of methoxy groups -OCH3 is 1. The van der Waals surface area contributed by atoms with Crippen LogP contribution in [0.25, 0.3) is 0 Å². The second kappa shape index (κ2) is 11.3. The van der Waals surface area contributed by atoms with Crippen LogP contribution in [0, 0.1) is 23.5 Å². The maximum Gasteiger partial charge on any atom is 0.248 e. The van der Waals surface area contributed by atoms with Crippen molar-refractivity contribution in [3.63, 3.8) is 0 Å². The molecule has 0 aliphatic heterocycles. The van der Waals surface area contributed by atoms with Crippen LogP contribution in [0.4, 0.5) is 23.2 Å². The fraction of sp³-hybridized carbons (Fsp3) is 0.429. The fourth-order valence-electron chi connectivity index (χ4n) is 3.33. The van der Waals surface area contributed by atoms with Crippen molar-refractivity contribution >= 4 is 23.5 Å². The molecule has 1 fully saturated rings. The number of nitrogens with zero attached hydrogens (tertiary/aromatic N) is 1. The van der Waals surface area contributed by atoms with E-state index in [9.17, 15) is 22.4 Å². The van der Waals surface area contributed by atoms with Gasteiger partial charge >= 0.3 is 0 Å². The van der Waals surface area contributed by atoms with Gasteiger partial charge in [-0.2, -0.15) is 4.39 Å². The van der Waals surface area contributed by atoms with Gasteiger partial charge in [0.2, 0.25) is 17.6 Å². The molecule has 2 atom stereocenters. The van der Waals surface area contributed by atoms with E-state index in [1.165, 1.54) is 19.2 Å². The first-order chi connectivity index (χ1) is 14.7. The van der Waals surface area contributed by atoms with Gasteiger partial charge in [0.25, 0.3) is 0 Å². The quantitative estimate of drug-likeness (QED) is 0.461. The zero-order valence-electron chi connectivity index (χ0n) is 17.2. The minimum absolute atomic E-state index is 0.0694. The molecule has 0 saturated heterocycles. The summed E-state index contributed by atoms with van der Waals surface area (Å²) in [5.74, 6) is -5.90. The van der Waals surface area contributed by atoms with Gasteiger partial charge in [0.1, 0.15) is 5.03 Å². The number of amides is 1. The molecule has 1 amide bonds. The Morgan fingerprint density at radius 3 is 2.65 bits per heavy atom. The molecule has 1 heterocycles. The van der Waals surface area contributed by atoms with Crippen molar-refractivity contribution in [2.24, 2.45) is 17.0 Å². The Morgan fingerprint density at radius 1 is 1.29 bits per heavy atom. The van der Waals surface area contributed by atoms with E-state index in [0.717, 1.165) is 24.9 Å². The van der Waals surface area contributed by atoms with Crippen molar-refractivity contribution in [3.05, 3.63) is 48.2 Å². The lowest BCUT2D eigenvalue weighted by Gasteiger charge is -2.31. The summed E-state index contributed by atoms with van der Waals surface area (Å²) in [6.07, 6.45) is 3.58. The summed E-state index contributed by atoms with van der Waals surface area (Å²) < 4.78 is 56.2. The number of halogens is 4. The highest BCUT2D eigenvalue weighted by atomic mass is 32.2. The third-order valence-electron chi connectivity index (χ3n) is 5.02. The van der Waals surface area contributed by atoms with Gasteiger partial charge in [0, 0.05) is 23.7 Å². The number of hydrogen-bond acceptors (Lipinski definition) is 5. The molecule has 1 aliphatic carbocycles. The first kappa shape index (κ1) is 24.9. The SMILES string of the molecule is CC(F)(F)C1CCCC(C(=O)Nc2ccnc(SN)c2)C1.COc1cccc(F)c1F. The van der Waals surface area contributed by atoms with Gasteiger partial charge in [-0.3, -0.25) is 9.93 Å². The van der Waals surface area contributed by atoms with E-state index in [4.69, 9.17) is 5.14 Å². The molecule has 0 spiro atoms. The Hall–Kier alpha value is -2.33. The number of benzene rings is 1. The Labute approximate surface area is 182 Å². The molecular weight excluding hydrogens is 434 g/mol. The number of rotatable bonds is 5. The molecule has 0 bridgehead atoms. The average molecular weight is 460 g/mol. The number of nitrogens with two attached hydrogens (primary N) is 1. The van der Waals surface area contributed by atoms with E-state index >= 15 is 0 Å². The van der Waals surface area contributed by atoms with Crippen LogP contribution in [-0.4, -0.2) is 23.9 Å². The maximum absolute atomic E-state index is 13.4. The van der Waals surface area contributed by atoms with Gasteiger partial charge in [0.15, 0.2) is 11.6 Å². The summed E-state index contributed by atoms with van der Waals surface area (Å²) in [5.41, 5.74) is 0.591. The Kier molecular flexibility index (Phi) is 9.12. The number of hydrogen-bond donors (Lipinski definition) is 2. The minimum Gasteiger partial charge on any atom is -0.494 e. The third-order valence-corrected chi connectivity index (χ3v) is 5.49. The monoisotopic (exact) mass is 459 g/mol. The topological polar surface area (TPSA) is 77.2 Å². The first-order valence-electron chi connectivity index (χ1n) is 9.65. The zero-order chi connectivity index (χ0) is 23.0. The van der Waals surface area contributed by atoms with E-state index in [0.29, 0.717) is 30.0 Å². The van der Waals surface area contributed by atoms with Crippen molar-refractivity contribution < 1.29 is 27.1 Å². The van der Waals surface area contributed by atoms with Crippen molar-refractivity contribution in [1.29, 1.82) is 0 Å². The van der Waals surface area contributed by atoms with Crippen LogP contribution in [0.2, 0.25) is 0 Å². The predicted molar refractivity (Wildman–Crippen MR) is 112 cm³/mol. The summed E-state index contributed by atoms with van der Waals surface area (Å²) in [5, 5.41) is 8.77. The van der Waals surface area contributed by atoms with Crippen LogP contribution in [0.15, 0.2) is 41.6 Å². The van der Waals surface area contributed by atoms with Gasteiger partial charge in [0.05, 0.1) is 7.11 Å². The molecule has 31 heavy (non-hydrogen) atoms. The summed E-state index contributed by atoms with van der Waals surface area (Å²) in [7, 11) is 1.29. The highest BCUT2D eigenvalue weighted by Crippen LogP contribution is 2.39. The molecule has 2 unspecified atom stereocenters. The number of ether oxygens (including phenoxy) is 1. The number of anilines is 1. The lowest BCUT2D eigenvalue weighted by atomic mass is 9.78. The largest absolute Gasteiger partial charge is 0.494 e. The molecule has 2 aromatic rings. The van der Waals surface area contributed by atoms with Gasteiger partial charge < -0.3 is 10.1 Å². The van der Waals surface area contributed by atoms with Crippen molar-refractivity contribution in [2.75, 3.05) is 12.4 Å². The zero-order valence-corrected chi connectivity index (χ0v) is 18.0. The lowest BCUT2D eigenvalue weighted by molar-refractivity contribution is -0.124. The Bertz CT molecular complexity index is 880. The number of carbonyl (C=O) groups excluding carboxylic acids is 1. The average Bonchev–Trinajstić information content (AvgIpc) is 2.76. The predicted octanol–water partition coefficient (Wildman–Crippen LogP) is 5.42. The molecule has 3 N–H and O–H groups in total. The number of alkyl halides is 2. The van der Waals surface area contributed by atoms with Crippen LogP contribution in [0.3, 0.4) is 0 Å². The van der Waals surface area contributed by atoms with Crippen LogP contribution < -0.4 is 15.2 Å². The second-order valence-corrected chi connectivity index (χ2v) is 7.92. The van der Waals surface area contributed by atoms with E-state index < -0.39 is 23.5 Å². The number of pyridine rings is 1. The van der Waals surface area contributed by atoms with Crippen molar-refractivity contribution in [3.8, 4) is 5.75 Å². The summed E-state index contributed by atoms with van der Waals surface area (Å²) >= 11 is 0.988. The van der Waals surface area contributed by atoms with Crippen molar-refractivity contribution in [2.45, 2.75) is 43.6 Å². The van der Waals surface area contributed by atoms with Crippen LogP contribution in [-0.2, 0) is 4.79 Å². The molecule has 1 saturated carbocycles. The van der Waals surface area contributed by atoms with Gasteiger partial charge in [-0.15, -0.1) is 0 Å². The van der Waals surface area contributed by atoms with Crippen LogP contribution in [0.5, 0.6) is 5.75 Å². The number of carbonyl (C=O) groups is 1. The lowest BCUT2D eigenvalue weighted by Crippen LogP contribution is -2.34. The molecule has 0 radical (unpaired) electrons. The van der Waals surface area contributed by atoms with Crippen LogP contribution >= 0.6 is 11.9 Å². The van der Waals surface area contributed by atoms with Crippen LogP contribution in [0.1, 0.15) is 32.6 Å². The van der Waals surface area contributed by atoms with Gasteiger partial charge in [-0.1, -0.05) is 12.5 Å². The summed E-state index contributed by atoms with van der Waals surface area (Å²) in [4.78, 5) is 16.2. The molecule has 5 nitrogen and oxygen atoms in total. The summed E-state index contributed by atoms with van der Waals surface area (Å²) in [6.45, 7) is 0.936. The highest BCUT2D eigenvalue weighted by molar-refractivity contribution is 7.97.